The van der Waals surface area contributed by atoms with Gasteiger partial charge in [0.2, 0.25) is 0 Å². The molecule has 0 unspecified atom stereocenters. The van der Waals surface area contributed by atoms with Gasteiger partial charge < -0.3 is 25.0 Å². The number of sulfone groups is 1. The van der Waals surface area contributed by atoms with Gasteiger partial charge in [-0.3, -0.25) is 0 Å². The molecular formula is C28H40N4O6S. The molecule has 1 aliphatic rings. The zero-order chi connectivity index (χ0) is 28.1. The van der Waals surface area contributed by atoms with Gasteiger partial charge in [0.05, 0.1) is 12.9 Å². The van der Waals surface area contributed by atoms with Gasteiger partial charge in [-0.25, -0.2) is 23.0 Å². The molecule has 11 heteroatoms. The number of anilines is 1. The first kappa shape index (κ1) is 30.4. The van der Waals surface area contributed by atoms with E-state index in [1.165, 1.54) is 18.9 Å². The summed E-state index contributed by atoms with van der Waals surface area (Å²) in [5, 5.41) is 5.94. The number of rotatable bonds is 15. The number of carbonyl (C=O) groups excluding carboxylic acids is 2. The Balaban J connectivity index is 1.50. The summed E-state index contributed by atoms with van der Waals surface area (Å²) in [6.45, 7) is 2.44. The summed E-state index contributed by atoms with van der Waals surface area (Å²) >= 11 is 0. The molecule has 0 saturated carbocycles. The van der Waals surface area contributed by atoms with Crippen LogP contribution in [0.25, 0.3) is 0 Å². The molecule has 1 atom stereocenters. The number of aromatic nitrogens is 1. The van der Waals surface area contributed by atoms with E-state index < -0.39 is 27.9 Å². The molecule has 0 spiro atoms. The smallest absolute Gasteiger partial charge is 0.408 e. The van der Waals surface area contributed by atoms with Crippen LogP contribution in [0.2, 0.25) is 0 Å². The van der Waals surface area contributed by atoms with Crippen molar-refractivity contribution in [2.45, 2.75) is 51.2 Å². The number of benzene rings is 1. The number of aryl methyl sites for hydroxylation is 2. The number of amides is 1. The summed E-state index contributed by atoms with van der Waals surface area (Å²) in [6.07, 6.45) is 5.49. The highest BCUT2D eigenvalue weighted by molar-refractivity contribution is 7.90. The van der Waals surface area contributed by atoms with Gasteiger partial charge in [-0.2, -0.15) is 0 Å². The molecule has 1 aromatic carbocycles. The Kier molecular flexibility index (Phi) is 12.0. The number of nitrogens with one attached hydrogen (secondary N) is 2. The van der Waals surface area contributed by atoms with E-state index in [1.54, 1.807) is 0 Å². The van der Waals surface area contributed by atoms with Crippen molar-refractivity contribution in [1.29, 1.82) is 0 Å². The maximum atomic E-state index is 12.4. The van der Waals surface area contributed by atoms with Crippen molar-refractivity contribution in [2.75, 3.05) is 50.6 Å². The van der Waals surface area contributed by atoms with Crippen molar-refractivity contribution in [3.8, 4) is 0 Å². The molecule has 0 aliphatic carbocycles. The fourth-order valence-electron chi connectivity index (χ4n) is 4.39. The quantitative estimate of drug-likeness (QED) is 0.250. The third kappa shape index (κ3) is 11.2. The minimum Gasteiger partial charge on any atom is -0.467 e. The Morgan fingerprint density at radius 3 is 2.64 bits per heavy atom. The molecule has 0 bridgehead atoms. The number of methoxy groups -OCH3 is 1. The topological polar surface area (TPSA) is 127 Å². The number of nitrogens with zero attached hydrogens (tertiary/aromatic N) is 2. The SMILES string of the molecule is COC(=O)[C@H](CCN(CCCCc1ccc2c(n1)NCCC2)CCS(C)(=O)=O)NC(=O)OCc1ccccc1. The van der Waals surface area contributed by atoms with Gasteiger partial charge in [0, 0.05) is 31.6 Å². The lowest BCUT2D eigenvalue weighted by atomic mass is 10.1. The highest BCUT2D eigenvalue weighted by Crippen LogP contribution is 2.20. The molecule has 39 heavy (non-hydrogen) atoms. The Labute approximate surface area is 231 Å². The first-order valence-electron chi connectivity index (χ1n) is 13.4. The summed E-state index contributed by atoms with van der Waals surface area (Å²) in [5.74, 6) is 0.416. The highest BCUT2D eigenvalue weighted by atomic mass is 32.2. The highest BCUT2D eigenvalue weighted by Gasteiger charge is 2.23. The van der Waals surface area contributed by atoms with Crippen LogP contribution in [-0.2, 0) is 43.6 Å². The lowest BCUT2D eigenvalue weighted by Gasteiger charge is -2.24. The number of pyridine rings is 1. The van der Waals surface area contributed by atoms with Crippen molar-refractivity contribution >= 4 is 27.7 Å². The number of esters is 1. The van der Waals surface area contributed by atoms with E-state index in [0.29, 0.717) is 19.6 Å². The summed E-state index contributed by atoms with van der Waals surface area (Å²) in [4.78, 5) is 31.4. The Bertz CT molecular complexity index is 1180. The fourth-order valence-corrected chi connectivity index (χ4v) is 4.98. The number of unbranched alkanes of at least 4 members (excludes halogenated alkanes) is 1. The number of fused-ring (bicyclic) bond motifs is 1. The lowest BCUT2D eigenvalue weighted by Crippen LogP contribution is -2.44. The van der Waals surface area contributed by atoms with Gasteiger partial charge in [0.1, 0.15) is 28.3 Å². The van der Waals surface area contributed by atoms with E-state index in [0.717, 1.165) is 55.7 Å². The molecule has 2 heterocycles. The van der Waals surface area contributed by atoms with E-state index >= 15 is 0 Å². The van der Waals surface area contributed by atoms with Gasteiger partial charge in [-0.1, -0.05) is 36.4 Å². The molecule has 2 aromatic rings. The van der Waals surface area contributed by atoms with E-state index in [-0.39, 0.29) is 18.8 Å². The van der Waals surface area contributed by atoms with E-state index in [4.69, 9.17) is 14.5 Å². The molecule has 1 amide bonds. The van der Waals surface area contributed by atoms with Crippen molar-refractivity contribution in [3.63, 3.8) is 0 Å². The van der Waals surface area contributed by atoms with Crippen molar-refractivity contribution in [1.82, 2.24) is 15.2 Å². The standard InChI is InChI=1S/C28H40N4O6S/c1-37-27(33)25(31-28(34)38-21-22-9-4-3-5-10-22)15-18-32(19-20-39(2,35)36)17-7-6-12-24-14-13-23-11-8-16-29-26(23)30-24/h3-5,9-10,13-14,25H,6-8,11-12,15-21H2,1-2H3,(H,29,30)(H,31,34)/t25-/m0/s1. The predicted molar refractivity (Wildman–Crippen MR) is 150 cm³/mol. The van der Waals surface area contributed by atoms with E-state index in [9.17, 15) is 18.0 Å². The third-order valence-electron chi connectivity index (χ3n) is 6.61. The van der Waals surface area contributed by atoms with Crippen LogP contribution in [0, 0.1) is 0 Å². The van der Waals surface area contributed by atoms with Crippen LogP contribution < -0.4 is 10.6 Å². The van der Waals surface area contributed by atoms with E-state index in [1.807, 2.05) is 35.2 Å². The second kappa shape index (κ2) is 15.4. The van der Waals surface area contributed by atoms with Crippen LogP contribution in [0.4, 0.5) is 10.6 Å². The number of alkyl carbamates (subject to hydrolysis) is 1. The van der Waals surface area contributed by atoms with Crippen molar-refractivity contribution < 1.29 is 27.5 Å². The predicted octanol–water partition coefficient (Wildman–Crippen LogP) is 2.97. The number of carbonyl (C=O) groups is 2. The van der Waals surface area contributed by atoms with Gasteiger partial charge in [-0.05, 0) is 62.3 Å². The monoisotopic (exact) mass is 560 g/mol. The van der Waals surface area contributed by atoms with Crippen LogP contribution >= 0.6 is 0 Å². The first-order valence-corrected chi connectivity index (χ1v) is 15.5. The normalized spacial score (nSPS) is 13.7. The average Bonchev–Trinajstić information content (AvgIpc) is 2.93. The van der Waals surface area contributed by atoms with Crippen molar-refractivity contribution in [2.24, 2.45) is 0 Å². The minimum atomic E-state index is -3.15. The zero-order valence-electron chi connectivity index (χ0n) is 22.9. The molecule has 0 radical (unpaired) electrons. The Hall–Kier alpha value is -3.18. The summed E-state index contributed by atoms with van der Waals surface area (Å²) in [5.41, 5.74) is 3.13. The molecular weight excluding hydrogens is 520 g/mol. The molecule has 0 fully saturated rings. The summed E-state index contributed by atoms with van der Waals surface area (Å²) < 4.78 is 33.7. The molecule has 0 saturated heterocycles. The Morgan fingerprint density at radius 2 is 1.90 bits per heavy atom. The number of ether oxygens (including phenoxy) is 2. The van der Waals surface area contributed by atoms with Crippen LogP contribution in [0.15, 0.2) is 42.5 Å². The molecule has 3 rings (SSSR count). The molecule has 2 N–H and O–H groups in total. The van der Waals surface area contributed by atoms with Gasteiger partial charge in [-0.15, -0.1) is 0 Å². The summed E-state index contributed by atoms with van der Waals surface area (Å²) in [7, 11) is -1.89. The third-order valence-corrected chi connectivity index (χ3v) is 7.54. The number of hydrogen-bond acceptors (Lipinski definition) is 9. The maximum absolute atomic E-state index is 12.4. The van der Waals surface area contributed by atoms with Gasteiger partial charge in [0.15, 0.2) is 0 Å². The zero-order valence-corrected chi connectivity index (χ0v) is 23.7. The van der Waals surface area contributed by atoms with Gasteiger partial charge in [0.25, 0.3) is 0 Å². The van der Waals surface area contributed by atoms with Gasteiger partial charge >= 0.3 is 12.1 Å². The maximum Gasteiger partial charge on any atom is 0.408 e. The Morgan fingerprint density at radius 1 is 1.10 bits per heavy atom. The van der Waals surface area contributed by atoms with Crippen LogP contribution in [0.1, 0.15) is 42.5 Å². The second-order valence-corrected chi connectivity index (χ2v) is 12.1. The lowest BCUT2D eigenvalue weighted by molar-refractivity contribution is -0.143. The number of hydrogen-bond donors (Lipinski definition) is 2. The molecule has 10 nitrogen and oxygen atoms in total. The van der Waals surface area contributed by atoms with Crippen molar-refractivity contribution in [3.05, 3.63) is 59.3 Å². The molecule has 214 valence electrons. The van der Waals surface area contributed by atoms with Crippen LogP contribution in [0.5, 0.6) is 0 Å². The largest absolute Gasteiger partial charge is 0.467 e. The average molecular weight is 561 g/mol. The molecule has 1 aliphatic heterocycles. The van der Waals surface area contributed by atoms with Crippen LogP contribution in [-0.4, -0.2) is 81.7 Å². The fraction of sp³-hybridized carbons (Fsp3) is 0.536. The van der Waals surface area contributed by atoms with Crippen LogP contribution in [0.3, 0.4) is 0 Å². The molecule has 1 aromatic heterocycles. The second-order valence-electron chi connectivity index (χ2n) is 9.84. The van der Waals surface area contributed by atoms with E-state index in [2.05, 4.69) is 22.8 Å². The first-order chi connectivity index (χ1) is 18.7. The minimum absolute atomic E-state index is 0.0144. The summed E-state index contributed by atoms with van der Waals surface area (Å²) in [6, 6.07) is 12.6.